The molecule has 0 bridgehead atoms. The molecule has 7 aromatic carbocycles. The highest BCUT2D eigenvalue weighted by atomic mass is 79.9. The number of hydrogen-bond acceptors (Lipinski definition) is 10. The molecule has 0 fully saturated rings. The molecule has 0 radical (unpaired) electrons. The Bertz CT molecular complexity index is 2690. The number of nitrogens with one attached hydrogen (secondary N) is 1. The van der Waals surface area contributed by atoms with Crippen LogP contribution < -0.4 is 22.5 Å². The van der Waals surface area contributed by atoms with Gasteiger partial charge >= 0.3 is 11.9 Å². The van der Waals surface area contributed by atoms with E-state index in [0.717, 1.165) is 53.7 Å². The SMILES string of the molecule is Nc1ccccc1SSc1ccccc1N.Nc1ccccc1Sc1ccc(F)cc1C(=O)O.O=C(O)c1cc(F)ccc1Br.O=C1Nc2ccccc2Sc2ccc(F)cc21. The highest BCUT2D eigenvalue weighted by Gasteiger charge is 2.20. The summed E-state index contributed by atoms with van der Waals surface area (Å²) in [5, 5.41) is 20.3. The van der Waals surface area contributed by atoms with E-state index in [1.807, 2.05) is 78.9 Å². The minimum Gasteiger partial charge on any atom is -0.478 e. The number of carboxylic acids is 2. The van der Waals surface area contributed by atoms with Crippen LogP contribution in [0.2, 0.25) is 0 Å². The number of nitrogens with two attached hydrogens (primary N) is 3. The molecule has 0 saturated carbocycles. The molecule has 17 heteroatoms. The minimum atomic E-state index is -1.16. The van der Waals surface area contributed by atoms with E-state index in [0.29, 0.717) is 20.6 Å². The number of rotatable bonds is 7. The molecule has 0 saturated heterocycles. The number of aromatic carboxylic acids is 2. The Morgan fingerprint density at radius 2 is 1.02 bits per heavy atom. The third-order valence-electron chi connectivity index (χ3n) is 8.07. The van der Waals surface area contributed by atoms with E-state index < -0.39 is 29.4 Å². The number of carboxylic acid groups (broad SMARTS) is 2. The number of fused-ring (bicyclic) bond motifs is 2. The topological polar surface area (TPSA) is 182 Å². The fourth-order valence-corrected chi connectivity index (χ4v) is 9.66. The number of anilines is 4. The van der Waals surface area contributed by atoms with Crippen LogP contribution >= 0.6 is 61.0 Å². The molecular weight excluding hydrogens is 942 g/mol. The van der Waals surface area contributed by atoms with Gasteiger partial charge in [0.1, 0.15) is 17.5 Å². The lowest BCUT2D eigenvalue weighted by molar-refractivity contribution is 0.0683. The zero-order valence-electron chi connectivity index (χ0n) is 31.9. The molecule has 1 aliphatic heterocycles. The fraction of sp³-hybridized carbons (Fsp3) is 0. The van der Waals surface area contributed by atoms with Crippen LogP contribution in [0.4, 0.5) is 35.9 Å². The second kappa shape index (κ2) is 22.7. The molecule has 0 aromatic heterocycles. The Kier molecular flexibility index (Phi) is 17.3. The van der Waals surface area contributed by atoms with Crippen LogP contribution in [0.25, 0.3) is 0 Å². The maximum absolute atomic E-state index is 13.1. The number of benzene rings is 7. The van der Waals surface area contributed by atoms with Crippen LogP contribution in [-0.2, 0) is 0 Å². The van der Waals surface area contributed by atoms with Gasteiger partial charge in [0.25, 0.3) is 5.91 Å². The second-order valence-electron chi connectivity index (χ2n) is 12.4. The monoisotopic (exact) mass is 974 g/mol. The number of amides is 1. The highest BCUT2D eigenvalue weighted by Crippen LogP contribution is 2.42. The molecule has 8 rings (SSSR count). The molecule has 0 unspecified atom stereocenters. The molecule has 0 aliphatic carbocycles. The summed E-state index contributed by atoms with van der Waals surface area (Å²) in [5.41, 5.74) is 20.7. The van der Waals surface area contributed by atoms with Crippen molar-refractivity contribution >= 4 is 102 Å². The van der Waals surface area contributed by atoms with E-state index in [4.69, 9.17) is 27.4 Å². The van der Waals surface area contributed by atoms with Gasteiger partial charge in [-0.3, -0.25) is 4.79 Å². The highest BCUT2D eigenvalue weighted by molar-refractivity contribution is 9.10. The van der Waals surface area contributed by atoms with E-state index >= 15 is 0 Å². The first kappa shape index (κ1) is 47.1. The van der Waals surface area contributed by atoms with Gasteiger partial charge in [0, 0.05) is 50.9 Å². The molecule has 9 nitrogen and oxygen atoms in total. The number of hydrogen-bond donors (Lipinski definition) is 6. The van der Waals surface area contributed by atoms with Crippen molar-refractivity contribution in [1.82, 2.24) is 0 Å². The average Bonchev–Trinajstić information content (AvgIpc) is 3.39. The van der Waals surface area contributed by atoms with Crippen LogP contribution in [0.1, 0.15) is 31.1 Å². The molecule has 316 valence electrons. The predicted octanol–water partition coefficient (Wildman–Crippen LogP) is 12.7. The summed E-state index contributed by atoms with van der Waals surface area (Å²) >= 11 is 5.65. The molecule has 1 aliphatic rings. The van der Waals surface area contributed by atoms with Gasteiger partial charge in [0.2, 0.25) is 0 Å². The Morgan fingerprint density at radius 3 is 1.56 bits per heavy atom. The van der Waals surface area contributed by atoms with Crippen LogP contribution in [0, 0.1) is 17.5 Å². The van der Waals surface area contributed by atoms with E-state index in [2.05, 4.69) is 21.2 Å². The van der Waals surface area contributed by atoms with Gasteiger partial charge in [-0.1, -0.05) is 93.6 Å². The molecule has 0 spiro atoms. The zero-order valence-corrected chi connectivity index (χ0v) is 36.8. The Hall–Kier alpha value is -5.98. The quantitative estimate of drug-likeness (QED) is 0.0658. The van der Waals surface area contributed by atoms with Crippen LogP contribution in [0.15, 0.2) is 186 Å². The van der Waals surface area contributed by atoms with Crippen molar-refractivity contribution in [3.05, 3.63) is 190 Å². The summed E-state index contributed by atoms with van der Waals surface area (Å²) in [5.74, 6) is -4.09. The summed E-state index contributed by atoms with van der Waals surface area (Å²) < 4.78 is 39.0. The fourth-order valence-electron chi connectivity index (χ4n) is 5.05. The number of para-hydroxylation sites is 4. The third kappa shape index (κ3) is 13.5. The number of halogens is 4. The number of nitrogen functional groups attached to an aromatic ring is 3. The van der Waals surface area contributed by atoms with Crippen molar-refractivity contribution in [3.8, 4) is 0 Å². The van der Waals surface area contributed by atoms with Gasteiger partial charge in [0.05, 0.1) is 22.4 Å². The van der Waals surface area contributed by atoms with Crippen molar-refractivity contribution in [1.29, 1.82) is 0 Å². The van der Waals surface area contributed by atoms with Gasteiger partial charge in [-0.2, -0.15) is 0 Å². The minimum absolute atomic E-state index is 0.0648. The maximum Gasteiger partial charge on any atom is 0.336 e. The second-order valence-corrected chi connectivity index (χ2v) is 17.7. The third-order valence-corrected chi connectivity index (χ3v) is 13.6. The van der Waals surface area contributed by atoms with Gasteiger partial charge < -0.3 is 32.7 Å². The summed E-state index contributed by atoms with van der Waals surface area (Å²) in [4.78, 5) is 38.4. The molecule has 9 N–H and O–H groups in total. The molecule has 1 amide bonds. The summed E-state index contributed by atoms with van der Waals surface area (Å²) in [6.45, 7) is 0. The Balaban J connectivity index is 0.000000158. The van der Waals surface area contributed by atoms with Crippen molar-refractivity contribution < 1.29 is 37.8 Å². The Morgan fingerprint density at radius 1 is 0.548 bits per heavy atom. The number of carbonyl (C=O) groups excluding carboxylic acids is 1. The van der Waals surface area contributed by atoms with Crippen molar-refractivity contribution in [3.63, 3.8) is 0 Å². The van der Waals surface area contributed by atoms with Gasteiger partial charge in [-0.25, -0.2) is 22.8 Å². The summed E-state index contributed by atoms with van der Waals surface area (Å²) in [7, 11) is 3.25. The van der Waals surface area contributed by atoms with E-state index in [9.17, 15) is 27.6 Å². The van der Waals surface area contributed by atoms with Crippen molar-refractivity contribution in [2.24, 2.45) is 0 Å². The molecule has 7 aromatic rings. The van der Waals surface area contributed by atoms with Crippen LogP contribution in [-0.4, -0.2) is 28.1 Å². The van der Waals surface area contributed by atoms with Crippen molar-refractivity contribution in [2.45, 2.75) is 29.4 Å². The summed E-state index contributed by atoms with van der Waals surface area (Å²) in [6.07, 6.45) is 0. The van der Waals surface area contributed by atoms with Gasteiger partial charge in [-0.05, 0) is 119 Å². The van der Waals surface area contributed by atoms with Crippen molar-refractivity contribution in [2.75, 3.05) is 22.5 Å². The lowest BCUT2D eigenvalue weighted by Gasteiger charge is -2.07. The molecule has 0 atom stereocenters. The van der Waals surface area contributed by atoms with Gasteiger partial charge in [-0.15, -0.1) is 0 Å². The average molecular weight is 976 g/mol. The lowest BCUT2D eigenvalue weighted by atomic mass is 10.2. The first-order chi connectivity index (χ1) is 29.7. The standard InChI is InChI=1S/C13H10FNO2S.C13H8FNOS.C12H12N2S2.C7H4BrFO2/c14-8-5-6-11(9(7-8)13(16)17)18-12-4-2-1-3-10(12)15;14-8-5-6-11-9(7-8)13(16)15-10-3-1-2-4-12(10)17-11;13-9-5-1-3-7-11(9)15-16-12-8-4-2-6-10(12)14;8-6-2-1-4(9)3-5(6)7(10)11/h1-7H,15H2,(H,16,17);1-7H,(H,15,16);1-8H,13-14H2;1-3H,(H,10,11). The van der Waals surface area contributed by atoms with E-state index in [1.165, 1.54) is 59.9 Å². The zero-order chi connectivity index (χ0) is 44.8. The van der Waals surface area contributed by atoms with E-state index in [1.54, 1.807) is 45.9 Å². The smallest absolute Gasteiger partial charge is 0.336 e. The first-order valence-electron chi connectivity index (χ1n) is 17.8. The number of carbonyl (C=O) groups is 3. The first-order valence-corrected chi connectivity index (χ1v) is 22.4. The van der Waals surface area contributed by atoms with Crippen LogP contribution in [0.5, 0.6) is 0 Å². The van der Waals surface area contributed by atoms with Gasteiger partial charge in [0.15, 0.2) is 0 Å². The maximum atomic E-state index is 13.1. The largest absolute Gasteiger partial charge is 0.478 e. The molecular formula is C45H34BrF3N4O5S4. The summed E-state index contributed by atoms with van der Waals surface area (Å²) in [6, 6.07) is 41.7. The van der Waals surface area contributed by atoms with Crippen LogP contribution in [0.3, 0.4) is 0 Å². The molecule has 1 heterocycles. The lowest BCUT2D eigenvalue weighted by Crippen LogP contribution is -2.11. The Labute approximate surface area is 379 Å². The normalized spacial score (nSPS) is 11.0. The van der Waals surface area contributed by atoms with E-state index in [-0.39, 0.29) is 17.0 Å². The predicted molar refractivity (Wildman–Crippen MR) is 248 cm³/mol. The molecule has 62 heavy (non-hydrogen) atoms.